The lowest BCUT2D eigenvalue weighted by molar-refractivity contribution is -0.0970. The molecule has 0 N–H and O–H groups in total. The number of epoxide rings is 1. The third kappa shape index (κ3) is 4.81. The van der Waals surface area contributed by atoms with Gasteiger partial charge in [0.2, 0.25) is 0 Å². The van der Waals surface area contributed by atoms with Gasteiger partial charge in [-0.2, -0.15) is 0 Å². The number of hydrogen-bond acceptors (Lipinski definition) is 4. The van der Waals surface area contributed by atoms with Gasteiger partial charge < -0.3 is 18.6 Å². The predicted molar refractivity (Wildman–Crippen MR) is 81.4 cm³/mol. The molecule has 0 radical (unpaired) electrons. The fourth-order valence-corrected chi connectivity index (χ4v) is 5.70. The number of methoxy groups -OCH3 is 2. The molecule has 4 nitrogen and oxygen atoms in total. The molecular weight excluding hydrogens is 272 g/mol. The van der Waals surface area contributed by atoms with Crippen LogP contribution in [0.15, 0.2) is 0 Å². The minimum atomic E-state index is -1.24. The first-order valence-electron chi connectivity index (χ1n) is 7.96. The molecule has 0 aromatic rings. The van der Waals surface area contributed by atoms with Crippen LogP contribution >= 0.6 is 0 Å². The van der Waals surface area contributed by atoms with Crippen molar-refractivity contribution in [3.8, 4) is 0 Å². The molecule has 0 aromatic carbocycles. The lowest BCUT2D eigenvalue weighted by atomic mass is 9.88. The monoisotopic (exact) mass is 302 g/mol. The second-order valence-electron chi connectivity index (χ2n) is 6.51. The van der Waals surface area contributed by atoms with Gasteiger partial charge in [0, 0.05) is 14.2 Å². The van der Waals surface area contributed by atoms with Crippen LogP contribution in [0.25, 0.3) is 0 Å². The lowest BCUT2D eigenvalue weighted by Gasteiger charge is -2.27. The smallest absolute Gasteiger partial charge is 0.183 e. The van der Waals surface area contributed by atoms with E-state index in [9.17, 15) is 0 Å². The highest BCUT2D eigenvalue weighted by Crippen LogP contribution is 2.41. The molecule has 2 aliphatic rings. The van der Waals surface area contributed by atoms with Gasteiger partial charge in [0.25, 0.3) is 0 Å². The van der Waals surface area contributed by atoms with Crippen molar-refractivity contribution in [1.82, 2.24) is 0 Å². The zero-order chi connectivity index (χ0) is 14.5. The van der Waals surface area contributed by atoms with Crippen LogP contribution in [0.5, 0.6) is 0 Å². The second-order valence-corrected chi connectivity index (χ2v) is 9.77. The van der Waals surface area contributed by atoms with Crippen molar-refractivity contribution < 1.29 is 18.6 Å². The van der Waals surface area contributed by atoms with E-state index in [4.69, 9.17) is 18.6 Å². The van der Waals surface area contributed by atoms with Crippen molar-refractivity contribution in [1.29, 1.82) is 0 Å². The van der Waals surface area contributed by atoms with Gasteiger partial charge >= 0.3 is 0 Å². The second kappa shape index (κ2) is 7.89. The van der Waals surface area contributed by atoms with Gasteiger partial charge in [0.05, 0.1) is 18.8 Å². The highest BCUT2D eigenvalue weighted by molar-refractivity contribution is 6.53. The third-order valence-electron chi connectivity index (χ3n) is 4.61. The average Bonchev–Trinajstić information content (AvgIpc) is 3.20. The standard InChI is InChI=1S/C15H30O4Si/c1-11(2)20(19-15(17-4)10-16-3)8-7-12-5-6-13-14(9-12)18-13/h11-15,20H,5-10H2,1-4H3. The van der Waals surface area contributed by atoms with Crippen LogP contribution in [0.3, 0.4) is 0 Å². The highest BCUT2D eigenvalue weighted by atomic mass is 28.3. The average molecular weight is 302 g/mol. The van der Waals surface area contributed by atoms with Crippen LogP contribution in [0, 0.1) is 5.92 Å². The number of ether oxygens (including phenoxy) is 3. The Morgan fingerprint density at radius 2 is 2.00 bits per heavy atom. The first-order chi connectivity index (χ1) is 9.63. The molecule has 0 amide bonds. The fraction of sp³-hybridized carbons (Fsp3) is 1.00. The summed E-state index contributed by atoms with van der Waals surface area (Å²) in [6.07, 6.45) is 6.19. The third-order valence-corrected chi connectivity index (χ3v) is 7.65. The van der Waals surface area contributed by atoms with Gasteiger partial charge in [0.15, 0.2) is 15.3 Å². The molecule has 20 heavy (non-hydrogen) atoms. The molecular formula is C15H30O4Si. The summed E-state index contributed by atoms with van der Waals surface area (Å²) in [5.41, 5.74) is 0.637. The molecule has 1 heterocycles. The minimum absolute atomic E-state index is 0.193. The molecule has 118 valence electrons. The van der Waals surface area contributed by atoms with Crippen molar-refractivity contribution >= 4 is 9.04 Å². The topological polar surface area (TPSA) is 40.2 Å². The Bertz CT molecular complexity index is 287. The van der Waals surface area contributed by atoms with E-state index in [1.54, 1.807) is 14.2 Å². The van der Waals surface area contributed by atoms with Crippen LogP contribution in [-0.4, -0.2) is 48.4 Å². The summed E-state index contributed by atoms with van der Waals surface area (Å²) in [5.74, 6) is 0.847. The van der Waals surface area contributed by atoms with Gasteiger partial charge in [0.1, 0.15) is 0 Å². The Hall–Kier alpha value is 0.0569. The van der Waals surface area contributed by atoms with Crippen molar-refractivity contribution in [3.63, 3.8) is 0 Å². The summed E-state index contributed by atoms with van der Waals surface area (Å²) in [4.78, 5) is 0. The van der Waals surface area contributed by atoms with E-state index in [2.05, 4.69) is 13.8 Å². The summed E-state index contributed by atoms with van der Waals surface area (Å²) in [7, 11) is 2.15. The summed E-state index contributed by atoms with van der Waals surface area (Å²) in [5, 5.41) is 0. The van der Waals surface area contributed by atoms with Crippen LogP contribution < -0.4 is 0 Å². The van der Waals surface area contributed by atoms with Crippen molar-refractivity contribution in [3.05, 3.63) is 0 Å². The largest absolute Gasteiger partial charge is 0.394 e. The number of rotatable bonds is 9. The molecule has 1 aliphatic carbocycles. The van der Waals surface area contributed by atoms with Crippen molar-refractivity contribution in [2.75, 3.05) is 20.8 Å². The normalized spacial score (nSPS) is 31.9. The zero-order valence-corrected chi connectivity index (χ0v) is 14.5. The molecule has 1 aliphatic heterocycles. The Morgan fingerprint density at radius 1 is 1.20 bits per heavy atom. The lowest BCUT2D eigenvalue weighted by Crippen LogP contribution is -2.33. The van der Waals surface area contributed by atoms with Gasteiger partial charge in [-0.15, -0.1) is 0 Å². The number of hydrogen-bond donors (Lipinski definition) is 0. The molecule has 0 bridgehead atoms. The molecule has 1 saturated heterocycles. The summed E-state index contributed by atoms with van der Waals surface area (Å²) in [6, 6.07) is 1.24. The fourth-order valence-electron chi connectivity index (χ4n) is 3.20. The Morgan fingerprint density at radius 3 is 2.60 bits per heavy atom. The maximum atomic E-state index is 6.19. The molecule has 1 saturated carbocycles. The van der Waals surface area contributed by atoms with Crippen molar-refractivity contribution in [2.45, 2.75) is 69.6 Å². The SMILES string of the molecule is COCC(OC)O[SiH](CCC1CCC2OC2C1)C(C)C. The van der Waals surface area contributed by atoms with E-state index in [-0.39, 0.29) is 6.29 Å². The van der Waals surface area contributed by atoms with Gasteiger partial charge in [-0.1, -0.05) is 20.3 Å². The summed E-state index contributed by atoms with van der Waals surface area (Å²) < 4.78 is 22.3. The molecule has 5 atom stereocenters. The van der Waals surface area contributed by atoms with E-state index in [1.807, 2.05) is 0 Å². The van der Waals surface area contributed by atoms with E-state index in [1.165, 1.54) is 31.7 Å². The minimum Gasteiger partial charge on any atom is -0.394 e. The van der Waals surface area contributed by atoms with Crippen LogP contribution in [0.1, 0.15) is 39.5 Å². The van der Waals surface area contributed by atoms with E-state index in [0.29, 0.717) is 24.4 Å². The van der Waals surface area contributed by atoms with Gasteiger partial charge in [-0.25, -0.2) is 0 Å². The van der Waals surface area contributed by atoms with Crippen LogP contribution in [0.4, 0.5) is 0 Å². The van der Waals surface area contributed by atoms with Gasteiger partial charge in [-0.3, -0.25) is 0 Å². The summed E-state index contributed by atoms with van der Waals surface area (Å²) in [6.45, 7) is 5.07. The maximum absolute atomic E-state index is 6.19. The molecule has 5 heteroatoms. The zero-order valence-electron chi connectivity index (χ0n) is 13.3. The van der Waals surface area contributed by atoms with Gasteiger partial charge in [-0.05, 0) is 36.8 Å². The van der Waals surface area contributed by atoms with E-state index < -0.39 is 9.04 Å². The quantitative estimate of drug-likeness (QED) is 0.373. The molecule has 0 aromatic heterocycles. The van der Waals surface area contributed by atoms with Crippen LogP contribution in [-0.2, 0) is 18.6 Å². The molecule has 0 spiro atoms. The van der Waals surface area contributed by atoms with Crippen molar-refractivity contribution in [2.24, 2.45) is 5.92 Å². The van der Waals surface area contributed by atoms with E-state index in [0.717, 1.165) is 5.92 Å². The van der Waals surface area contributed by atoms with E-state index >= 15 is 0 Å². The Kier molecular flexibility index (Phi) is 6.48. The molecule has 2 fully saturated rings. The maximum Gasteiger partial charge on any atom is 0.183 e. The number of fused-ring (bicyclic) bond motifs is 1. The summed E-state index contributed by atoms with van der Waals surface area (Å²) >= 11 is 0. The predicted octanol–water partition coefficient (Wildman–Crippen LogP) is 2.71. The molecule has 5 unspecified atom stereocenters. The first kappa shape index (κ1) is 16.4. The van der Waals surface area contributed by atoms with Crippen LogP contribution in [0.2, 0.25) is 11.6 Å². The Labute approximate surface area is 124 Å². The molecule has 2 rings (SSSR count). The first-order valence-corrected chi connectivity index (χ1v) is 9.92. The highest BCUT2D eigenvalue weighted by Gasteiger charge is 2.43. The Balaban J connectivity index is 1.73.